The number of nitrogens with zero attached hydrogens (tertiary/aromatic N) is 4. The van der Waals surface area contributed by atoms with Crippen LogP contribution in [0.5, 0.6) is 0 Å². The lowest BCUT2D eigenvalue weighted by Crippen LogP contribution is -2.35. The summed E-state index contributed by atoms with van der Waals surface area (Å²) >= 11 is 0. The first-order chi connectivity index (χ1) is 12.1. The fourth-order valence-corrected chi connectivity index (χ4v) is 2.85. The third-order valence-corrected chi connectivity index (χ3v) is 4.41. The molecule has 2 aliphatic rings. The SMILES string of the molecule is CC(C)(C)N1[C]N(Cc2cccc(CN3[C]N(C(C)(C)C)C=C3)c2)C=C1. The smallest absolute Gasteiger partial charge is 0.208 e. The number of hydrogen-bond donors (Lipinski definition) is 0. The van der Waals surface area contributed by atoms with Crippen molar-refractivity contribution in [1.29, 1.82) is 0 Å². The van der Waals surface area contributed by atoms with Crippen molar-refractivity contribution in [3.63, 3.8) is 0 Å². The molecular formula is C22H30N4. The van der Waals surface area contributed by atoms with Crippen LogP contribution in [0.3, 0.4) is 0 Å². The third-order valence-electron chi connectivity index (χ3n) is 4.41. The van der Waals surface area contributed by atoms with E-state index in [-0.39, 0.29) is 11.1 Å². The van der Waals surface area contributed by atoms with Crippen molar-refractivity contribution >= 4 is 0 Å². The zero-order valence-electron chi connectivity index (χ0n) is 16.8. The first kappa shape index (κ1) is 18.7. The largest absolute Gasteiger partial charge is 0.342 e. The zero-order valence-corrected chi connectivity index (χ0v) is 16.8. The molecule has 26 heavy (non-hydrogen) atoms. The molecule has 0 atom stereocenters. The summed E-state index contributed by atoms with van der Waals surface area (Å²) in [5.41, 5.74) is 2.68. The minimum atomic E-state index is 0.0553. The van der Waals surface area contributed by atoms with Crippen molar-refractivity contribution in [2.75, 3.05) is 0 Å². The molecule has 0 spiro atoms. The van der Waals surface area contributed by atoms with Gasteiger partial charge in [-0.3, -0.25) is 0 Å². The van der Waals surface area contributed by atoms with Gasteiger partial charge in [0.05, 0.1) is 0 Å². The lowest BCUT2D eigenvalue weighted by Gasteiger charge is -2.31. The van der Waals surface area contributed by atoms with E-state index in [1.165, 1.54) is 11.1 Å². The van der Waals surface area contributed by atoms with Crippen LogP contribution in [0.1, 0.15) is 52.7 Å². The highest BCUT2D eigenvalue weighted by molar-refractivity contribution is 5.25. The van der Waals surface area contributed by atoms with Crippen LogP contribution in [0.25, 0.3) is 0 Å². The highest BCUT2D eigenvalue weighted by atomic mass is 15.4. The van der Waals surface area contributed by atoms with E-state index in [0.29, 0.717) is 0 Å². The molecule has 1 aromatic rings. The van der Waals surface area contributed by atoms with E-state index in [1.807, 2.05) is 0 Å². The summed E-state index contributed by atoms with van der Waals surface area (Å²) in [6.45, 7) is 21.6. The molecule has 0 saturated carbocycles. The van der Waals surface area contributed by atoms with Crippen LogP contribution in [0.2, 0.25) is 0 Å². The van der Waals surface area contributed by atoms with Crippen molar-refractivity contribution in [2.24, 2.45) is 0 Å². The number of rotatable bonds is 4. The second-order valence-corrected chi connectivity index (χ2v) is 8.95. The van der Waals surface area contributed by atoms with E-state index < -0.39 is 0 Å². The van der Waals surface area contributed by atoms with Crippen LogP contribution in [0.15, 0.2) is 49.1 Å². The molecule has 4 nitrogen and oxygen atoms in total. The predicted octanol–water partition coefficient (Wildman–Crippen LogP) is 4.45. The van der Waals surface area contributed by atoms with Gasteiger partial charge in [0, 0.05) is 49.0 Å². The molecule has 4 radical (unpaired) electrons. The fraction of sp³-hybridized carbons (Fsp3) is 0.455. The van der Waals surface area contributed by atoms with Crippen LogP contribution in [0.4, 0.5) is 0 Å². The van der Waals surface area contributed by atoms with Gasteiger partial charge in [-0.15, -0.1) is 0 Å². The van der Waals surface area contributed by atoms with Gasteiger partial charge in [0.25, 0.3) is 0 Å². The van der Waals surface area contributed by atoms with Gasteiger partial charge >= 0.3 is 0 Å². The summed E-state index contributed by atoms with van der Waals surface area (Å²) in [6, 6.07) is 8.75. The minimum Gasteiger partial charge on any atom is -0.342 e. The maximum Gasteiger partial charge on any atom is 0.208 e. The Balaban J connectivity index is 1.57. The third kappa shape index (κ3) is 4.54. The lowest BCUT2D eigenvalue weighted by atomic mass is 10.1. The van der Waals surface area contributed by atoms with Crippen molar-refractivity contribution in [1.82, 2.24) is 19.6 Å². The van der Waals surface area contributed by atoms with Crippen LogP contribution >= 0.6 is 0 Å². The monoisotopic (exact) mass is 350 g/mol. The molecule has 3 rings (SSSR count). The molecule has 0 aromatic heterocycles. The van der Waals surface area contributed by atoms with Gasteiger partial charge in [-0.1, -0.05) is 24.3 Å². The molecule has 138 valence electrons. The maximum absolute atomic E-state index is 3.41. The van der Waals surface area contributed by atoms with E-state index in [4.69, 9.17) is 0 Å². The Kier molecular flexibility index (Phi) is 4.96. The van der Waals surface area contributed by atoms with Gasteiger partial charge in [0.2, 0.25) is 13.3 Å². The number of hydrogen-bond acceptors (Lipinski definition) is 4. The molecule has 2 aliphatic heterocycles. The zero-order chi connectivity index (χ0) is 18.9. The summed E-state index contributed by atoms with van der Waals surface area (Å²) in [7, 11) is 0. The van der Waals surface area contributed by atoms with E-state index in [9.17, 15) is 0 Å². The van der Waals surface area contributed by atoms with Crippen molar-refractivity contribution in [3.8, 4) is 0 Å². The van der Waals surface area contributed by atoms with E-state index in [1.54, 1.807) is 0 Å². The van der Waals surface area contributed by atoms with Gasteiger partial charge in [-0.05, 0) is 52.7 Å². The van der Waals surface area contributed by atoms with Crippen LogP contribution in [-0.2, 0) is 13.1 Å². The normalized spacial score (nSPS) is 17.8. The highest BCUT2D eigenvalue weighted by Crippen LogP contribution is 2.26. The Bertz CT molecular complexity index is 623. The minimum absolute atomic E-state index is 0.0553. The van der Waals surface area contributed by atoms with Crippen molar-refractivity contribution in [3.05, 3.63) is 73.5 Å². The summed E-state index contributed by atoms with van der Waals surface area (Å²) in [5, 5.41) is 0. The van der Waals surface area contributed by atoms with Crippen LogP contribution in [-0.4, -0.2) is 30.7 Å². The summed E-state index contributed by atoms with van der Waals surface area (Å²) in [4.78, 5) is 8.47. The molecule has 0 amide bonds. The molecule has 0 N–H and O–H groups in total. The molecule has 0 bridgehead atoms. The average molecular weight is 351 g/mol. The lowest BCUT2D eigenvalue weighted by molar-refractivity contribution is 0.214. The molecule has 1 aromatic carbocycles. The molecule has 0 fully saturated rings. The van der Waals surface area contributed by atoms with Gasteiger partial charge in [-0.25, -0.2) is 0 Å². The molecule has 0 unspecified atom stereocenters. The Labute approximate surface area is 159 Å². The highest BCUT2D eigenvalue weighted by Gasteiger charge is 2.26. The maximum atomic E-state index is 3.41. The molecule has 0 saturated heterocycles. The Hall–Kier alpha value is -2.10. The standard InChI is InChI=1S/C22H30N4/c1-21(2,3)25-12-10-23(17-25)15-19-8-7-9-20(14-19)16-24-11-13-26(18-24)22(4,5)6/h7-14H,15-16H2,1-6H3. The quantitative estimate of drug-likeness (QED) is 0.795. The van der Waals surface area contributed by atoms with Crippen LogP contribution < -0.4 is 0 Å². The number of benzene rings is 1. The van der Waals surface area contributed by atoms with Gasteiger partial charge in [0.15, 0.2) is 0 Å². The van der Waals surface area contributed by atoms with E-state index >= 15 is 0 Å². The summed E-state index contributed by atoms with van der Waals surface area (Å²) in [5.74, 6) is 0. The molecule has 4 heteroatoms. The Morgan fingerprint density at radius 2 is 1.12 bits per heavy atom. The van der Waals surface area contributed by atoms with E-state index in [0.717, 1.165) is 13.1 Å². The Morgan fingerprint density at radius 1 is 0.692 bits per heavy atom. The summed E-state index contributed by atoms with van der Waals surface area (Å²) in [6.07, 6.45) is 8.35. The average Bonchev–Trinajstić information content (AvgIpc) is 3.16. The van der Waals surface area contributed by atoms with Crippen molar-refractivity contribution < 1.29 is 0 Å². The van der Waals surface area contributed by atoms with Gasteiger partial charge in [-0.2, -0.15) is 0 Å². The second kappa shape index (κ2) is 6.90. The molecule has 2 heterocycles. The first-order valence-electron chi connectivity index (χ1n) is 9.20. The molecular weight excluding hydrogens is 320 g/mol. The summed E-state index contributed by atoms with van der Waals surface area (Å²) < 4.78 is 0. The second-order valence-electron chi connectivity index (χ2n) is 8.95. The molecule has 0 aliphatic carbocycles. The topological polar surface area (TPSA) is 13.0 Å². The van der Waals surface area contributed by atoms with Gasteiger partial charge < -0.3 is 19.6 Å². The first-order valence-corrected chi connectivity index (χ1v) is 9.20. The van der Waals surface area contributed by atoms with Crippen LogP contribution in [0, 0.1) is 13.3 Å². The Morgan fingerprint density at radius 3 is 1.46 bits per heavy atom. The van der Waals surface area contributed by atoms with Crippen molar-refractivity contribution in [2.45, 2.75) is 65.7 Å². The fourth-order valence-electron chi connectivity index (χ4n) is 2.85. The van der Waals surface area contributed by atoms with E-state index in [2.05, 4.69) is 124 Å². The predicted molar refractivity (Wildman–Crippen MR) is 105 cm³/mol. The van der Waals surface area contributed by atoms with Gasteiger partial charge in [0.1, 0.15) is 0 Å².